The zero-order valence-corrected chi connectivity index (χ0v) is 16.7. The summed E-state index contributed by atoms with van der Waals surface area (Å²) in [6.07, 6.45) is 0.111. The van der Waals surface area contributed by atoms with Crippen LogP contribution in [0.2, 0.25) is 0 Å². The van der Waals surface area contributed by atoms with Crippen molar-refractivity contribution in [3.8, 4) is 0 Å². The molecule has 3 amide bonds. The molecule has 0 unspecified atom stereocenters. The number of carbonyl (C=O) groups is 5. The summed E-state index contributed by atoms with van der Waals surface area (Å²) in [5.74, 6) is -4.99. The lowest BCUT2D eigenvalue weighted by Crippen LogP contribution is -2.57. The number of carboxylic acids is 2. The summed E-state index contributed by atoms with van der Waals surface area (Å²) in [5.41, 5.74) is 5.67. The lowest BCUT2D eigenvalue weighted by Gasteiger charge is -2.28. The van der Waals surface area contributed by atoms with Crippen molar-refractivity contribution in [3.63, 3.8) is 0 Å². The molecule has 0 aromatic heterocycles. The Morgan fingerprint density at radius 3 is 2.21 bits per heavy atom. The van der Waals surface area contributed by atoms with Crippen LogP contribution in [0.3, 0.4) is 0 Å². The number of aliphatic carboxylic acids is 2. The minimum atomic E-state index is -1.51. The van der Waals surface area contributed by atoms with E-state index in [0.29, 0.717) is 19.4 Å². The molecular formula is C15H24N4O7S2. The number of nitrogens with one attached hydrogen (secondary N) is 2. The van der Waals surface area contributed by atoms with Crippen molar-refractivity contribution in [3.05, 3.63) is 0 Å². The number of carbonyl (C=O) groups excluding carboxylic acids is 3. The molecule has 0 saturated carbocycles. The third-order valence-corrected chi connectivity index (χ3v) is 4.92. The molecule has 13 heteroatoms. The minimum Gasteiger partial charge on any atom is -0.481 e. The Bertz CT molecular complexity index is 634. The quantitative estimate of drug-likeness (QED) is 0.187. The van der Waals surface area contributed by atoms with Gasteiger partial charge in [0.05, 0.1) is 12.5 Å². The molecular weight excluding hydrogens is 412 g/mol. The van der Waals surface area contributed by atoms with Gasteiger partial charge in [0.15, 0.2) is 0 Å². The van der Waals surface area contributed by atoms with Crippen LogP contribution in [0.25, 0.3) is 0 Å². The summed E-state index contributed by atoms with van der Waals surface area (Å²) in [6, 6.07) is -4.64. The van der Waals surface area contributed by atoms with E-state index in [4.69, 9.17) is 15.9 Å². The van der Waals surface area contributed by atoms with E-state index in [-0.39, 0.29) is 11.5 Å². The van der Waals surface area contributed by atoms with E-state index in [1.165, 1.54) is 4.90 Å². The third-order valence-electron chi connectivity index (χ3n) is 4.16. The average molecular weight is 437 g/mol. The highest BCUT2D eigenvalue weighted by atomic mass is 32.1. The summed E-state index contributed by atoms with van der Waals surface area (Å²) >= 11 is 7.77. The molecule has 158 valence electrons. The molecule has 4 atom stereocenters. The van der Waals surface area contributed by atoms with Gasteiger partial charge in [0.25, 0.3) is 0 Å². The molecule has 1 rings (SSSR count). The number of thiol groups is 2. The first-order valence-electron chi connectivity index (χ1n) is 8.45. The number of nitrogens with zero attached hydrogens (tertiary/aromatic N) is 1. The van der Waals surface area contributed by atoms with Gasteiger partial charge < -0.3 is 31.5 Å². The number of rotatable bonds is 10. The van der Waals surface area contributed by atoms with E-state index in [1.807, 2.05) is 0 Å². The van der Waals surface area contributed by atoms with Crippen LogP contribution in [0.15, 0.2) is 0 Å². The van der Waals surface area contributed by atoms with Gasteiger partial charge in [0.1, 0.15) is 18.1 Å². The molecule has 0 bridgehead atoms. The molecule has 0 aliphatic carbocycles. The second-order valence-electron chi connectivity index (χ2n) is 6.22. The molecule has 1 aliphatic rings. The first kappa shape index (κ1) is 24.0. The maximum absolute atomic E-state index is 12.6. The second-order valence-corrected chi connectivity index (χ2v) is 6.95. The normalized spacial score (nSPS) is 19.4. The van der Waals surface area contributed by atoms with E-state index < -0.39 is 60.2 Å². The topological polar surface area (TPSA) is 179 Å². The summed E-state index contributed by atoms with van der Waals surface area (Å²) < 4.78 is 0. The van der Waals surface area contributed by atoms with Gasteiger partial charge in [0.2, 0.25) is 17.7 Å². The Morgan fingerprint density at radius 1 is 1.07 bits per heavy atom. The zero-order chi connectivity index (χ0) is 21.4. The number of likely N-dealkylation sites (tertiary alicyclic amines) is 1. The minimum absolute atomic E-state index is 0.0913. The van der Waals surface area contributed by atoms with Gasteiger partial charge in [-0.1, -0.05) is 0 Å². The van der Waals surface area contributed by atoms with Crippen molar-refractivity contribution in [2.75, 3.05) is 18.1 Å². The van der Waals surface area contributed by atoms with Crippen molar-refractivity contribution in [1.29, 1.82) is 0 Å². The highest BCUT2D eigenvalue weighted by Gasteiger charge is 2.38. The van der Waals surface area contributed by atoms with Crippen LogP contribution >= 0.6 is 25.3 Å². The van der Waals surface area contributed by atoms with Crippen molar-refractivity contribution in [1.82, 2.24) is 15.5 Å². The van der Waals surface area contributed by atoms with Gasteiger partial charge in [0, 0.05) is 18.1 Å². The largest absolute Gasteiger partial charge is 0.481 e. The van der Waals surface area contributed by atoms with Gasteiger partial charge >= 0.3 is 11.9 Å². The van der Waals surface area contributed by atoms with E-state index >= 15 is 0 Å². The number of carboxylic acid groups (broad SMARTS) is 2. The van der Waals surface area contributed by atoms with Crippen molar-refractivity contribution < 1.29 is 34.2 Å². The Labute approximate surface area is 172 Å². The smallest absolute Gasteiger partial charge is 0.327 e. The van der Waals surface area contributed by atoms with Crippen molar-refractivity contribution in [2.24, 2.45) is 5.73 Å². The van der Waals surface area contributed by atoms with E-state index in [9.17, 15) is 24.0 Å². The Balaban J connectivity index is 2.88. The fourth-order valence-electron chi connectivity index (χ4n) is 2.70. The molecule has 0 radical (unpaired) electrons. The second kappa shape index (κ2) is 11.1. The van der Waals surface area contributed by atoms with Gasteiger partial charge in [-0.15, -0.1) is 0 Å². The number of hydrogen-bond acceptors (Lipinski definition) is 8. The van der Waals surface area contributed by atoms with Crippen LogP contribution in [-0.2, 0) is 24.0 Å². The summed E-state index contributed by atoms with van der Waals surface area (Å²) in [6.45, 7) is 0.301. The molecule has 1 heterocycles. The summed E-state index contributed by atoms with van der Waals surface area (Å²) in [7, 11) is 0. The first-order chi connectivity index (χ1) is 13.1. The summed E-state index contributed by atoms with van der Waals surface area (Å²) in [5, 5.41) is 22.4. The molecule has 0 aromatic carbocycles. The van der Waals surface area contributed by atoms with Crippen molar-refractivity contribution in [2.45, 2.75) is 43.4 Å². The molecule has 0 aromatic rings. The van der Waals surface area contributed by atoms with Crippen molar-refractivity contribution >= 4 is 54.9 Å². The standard InChI is InChI=1S/C15H24N4O7S2/c16-7(5-27)14(24)19-3-1-2-10(19)13(23)17-8(4-11(20)21)12(22)18-9(6-28)15(25)26/h7-10,27-28H,1-6,16H2,(H,17,23)(H,18,22)(H,20,21)(H,25,26)/t7-,8-,9-,10-/m0/s1. The monoisotopic (exact) mass is 436 g/mol. The Morgan fingerprint density at radius 2 is 1.71 bits per heavy atom. The maximum atomic E-state index is 12.6. The van der Waals surface area contributed by atoms with Crippen LogP contribution < -0.4 is 16.4 Å². The first-order valence-corrected chi connectivity index (χ1v) is 9.72. The molecule has 11 nitrogen and oxygen atoms in total. The van der Waals surface area contributed by atoms with E-state index in [0.717, 1.165) is 0 Å². The predicted molar refractivity (Wildman–Crippen MR) is 104 cm³/mol. The fraction of sp³-hybridized carbons (Fsp3) is 0.667. The van der Waals surface area contributed by atoms with Crippen LogP contribution in [0.1, 0.15) is 19.3 Å². The number of hydrogen-bond donors (Lipinski definition) is 7. The highest BCUT2D eigenvalue weighted by Crippen LogP contribution is 2.19. The number of amides is 3. The van der Waals surface area contributed by atoms with Crippen LogP contribution in [-0.4, -0.2) is 87.0 Å². The van der Waals surface area contributed by atoms with Crippen LogP contribution in [0.4, 0.5) is 0 Å². The molecule has 0 spiro atoms. The van der Waals surface area contributed by atoms with Crippen LogP contribution in [0, 0.1) is 0 Å². The van der Waals surface area contributed by atoms with Gasteiger partial charge in [-0.3, -0.25) is 19.2 Å². The average Bonchev–Trinajstić information content (AvgIpc) is 3.13. The molecule has 1 aliphatic heterocycles. The fourth-order valence-corrected chi connectivity index (χ4v) is 3.11. The van der Waals surface area contributed by atoms with E-state index in [2.05, 4.69) is 35.9 Å². The maximum Gasteiger partial charge on any atom is 0.327 e. The predicted octanol–water partition coefficient (Wildman–Crippen LogP) is -2.31. The SMILES string of the molecule is N[C@@H](CS)C(=O)N1CCC[C@H]1C(=O)N[C@@H](CC(=O)O)C(=O)N[C@@H](CS)C(=O)O. The lowest BCUT2D eigenvalue weighted by atomic mass is 10.1. The Hall–Kier alpha value is -1.99. The van der Waals surface area contributed by atoms with Gasteiger partial charge in [-0.25, -0.2) is 4.79 Å². The highest BCUT2D eigenvalue weighted by molar-refractivity contribution is 7.80. The third kappa shape index (κ3) is 6.56. The van der Waals surface area contributed by atoms with E-state index in [1.54, 1.807) is 0 Å². The molecule has 6 N–H and O–H groups in total. The van der Waals surface area contributed by atoms with Gasteiger partial charge in [-0.05, 0) is 12.8 Å². The lowest BCUT2D eigenvalue weighted by molar-refractivity contribution is -0.144. The van der Waals surface area contributed by atoms with Gasteiger partial charge in [-0.2, -0.15) is 25.3 Å². The Kier molecular flexibility index (Phi) is 9.55. The molecule has 1 fully saturated rings. The van der Waals surface area contributed by atoms with Crippen LogP contribution in [0.5, 0.6) is 0 Å². The number of nitrogens with two attached hydrogens (primary N) is 1. The summed E-state index contributed by atoms with van der Waals surface area (Å²) in [4.78, 5) is 60.5. The zero-order valence-electron chi connectivity index (χ0n) is 14.9. The molecule has 28 heavy (non-hydrogen) atoms. The molecule has 1 saturated heterocycles.